The minimum Gasteiger partial charge on any atom is -0.478 e. The number of primary amides is 1. The van der Waals surface area contributed by atoms with Crippen molar-refractivity contribution in [2.75, 3.05) is 0 Å². The van der Waals surface area contributed by atoms with E-state index in [9.17, 15) is 9.59 Å². The molecular formula is C15H12ClNO3. The maximum Gasteiger partial charge on any atom is 0.336 e. The van der Waals surface area contributed by atoms with Crippen LogP contribution < -0.4 is 5.73 Å². The minimum absolute atomic E-state index is 0.0277. The fraction of sp³-hybridized carbons (Fsp3) is 0.0667. The number of carbonyl (C=O) groups excluding carboxylic acids is 1. The van der Waals surface area contributed by atoms with E-state index in [1.165, 1.54) is 6.07 Å². The summed E-state index contributed by atoms with van der Waals surface area (Å²) in [6.45, 7) is 0. The van der Waals surface area contributed by atoms with Crippen molar-refractivity contribution >= 4 is 23.5 Å². The lowest BCUT2D eigenvalue weighted by Crippen LogP contribution is -2.19. The largest absolute Gasteiger partial charge is 0.478 e. The topological polar surface area (TPSA) is 80.4 Å². The van der Waals surface area contributed by atoms with Gasteiger partial charge in [-0.25, -0.2) is 4.79 Å². The van der Waals surface area contributed by atoms with Gasteiger partial charge in [-0.1, -0.05) is 41.9 Å². The molecule has 5 heteroatoms. The van der Waals surface area contributed by atoms with Gasteiger partial charge in [-0.3, -0.25) is 4.79 Å². The number of hydrogen-bond acceptors (Lipinski definition) is 2. The molecule has 0 heterocycles. The van der Waals surface area contributed by atoms with Gasteiger partial charge in [0.1, 0.15) is 0 Å². The monoisotopic (exact) mass is 289 g/mol. The number of carboxylic acids is 1. The van der Waals surface area contributed by atoms with Crippen LogP contribution in [0, 0.1) is 0 Å². The first-order valence-electron chi connectivity index (χ1n) is 5.89. The predicted octanol–water partition coefficient (Wildman–Crippen LogP) is 2.73. The molecule has 0 aromatic heterocycles. The summed E-state index contributed by atoms with van der Waals surface area (Å²) in [5, 5.41) is 9.68. The second kappa shape index (κ2) is 5.75. The Morgan fingerprint density at radius 2 is 1.70 bits per heavy atom. The summed E-state index contributed by atoms with van der Waals surface area (Å²) in [4.78, 5) is 22.7. The number of benzene rings is 2. The number of halogens is 1. The minimum atomic E-state index is -1.18. The summed E-state index contributed by atoms with van der Waals surface area (Å²) >= 11 is 6.08. The van der Waals surface area contributed by atoms with Crippen LogP contribution in [0.25, 0.3) is 0 Å². The van der Waals surface area contributed by atoms with Crippen molar-refractivity contribution in [1.29, 1.82) is 0 Å². The van der Waals surface area contributed by atoms with Crippen molar-refractivity contribution in [3.05, 3.63) is 69.7 Å². The Hall–Kier alpha value is -2.33. The van der Waals surface area contributed by atoms with Crippen molar-refractivity contribution in [3.63, 3.8) is 0 Å². The summed E-state index contributed by atoms with van der Waals surface area (Å²) in [7, 11) is 0. The second-order valence-electron chi connectivity index (χ2n) is 4.28. The summed E-state index contributed by atoms with van der Waals surface area (Å²) in [5.41, 5.74) is 6.59. The van der Waals surface area contributed by atoms with Crippen molar-refractivity contribution in [2.45, 2.75) is 6.42 Å². The molecule has 0 fully saturated rings. The van der Waals surface area contributed by atoms with E-state index in [2.05, 4.69) is 0 Å². The van der Waals surface area contributed by atoms with Crippen LogP contribution in [-0.4, -0.2) is 17.0 Å². The number of nitrogens with two attached hydrogens (primary N) is 1. The molecule has 0 unspecified atom stereocenters. The zero-order valence-electron chi connectivity index (χ0n) is 10.5. The van der Waals surface area contributed by atoms with Gasteiger partial charge in [0.15, 0.2) is 0 Å². The van der Waals surface area contributed by atoms with E-state index < -0.39 is 11.9 Å². The Kier molecular flexibility index (Phi) is 4.05. The van der Waals surface area contributed by atoms with E-state index in [0.717, 1.165) is 5.56 Å². The highest BCUT2D eigenvalue weighted by atomic mass is 35.5. The number of carboxylic acid groups (broad SMARTS) is 1. The molecule has 2 rings (SSSR count). The van der Waals surface area contributed by atoms with E-state index >= 15 is 0 Å². The summed E-state index contributed by atoms with van der Waals surface area (Å²) < 4.78 is 0. The summed E-state index contributed by atoms with van der Waals surface area (Å²) in [6.07, 6.45) is 0.346. The van der Waals surface area contributed by atoms with Crippen LogP contribution in [0.4, 0.5) is 0 Å². The fourth-order valence-electron chi connectivity index (χ4n) is 2.06. The van der Waals surface area contributed by atoms with Gasteiger partial charge in [-0.2, -0.15) is 0 Å². The SMILES string of the molecule is NC(=O)c1c(Cc2ccccc2Cl)cccc1C(=O)O. The van der Waals surface area contributed by atoms with Crippen LogP contribution >= 0.6 is 11.6 Å². The molecule has 0 saturated carbocycles. The van der Waals surface area contributed by atoms with Crippen LogP contribution in [0.15, 0.2) is 42.5 Å². The Bertz CT molecular complexity index is 683. The van der Waals surface area contributed by atoms with Crippen molar-refractivity contribution in [2.24, 2.45) is 5.73 Å². The molecular weight excluding hydrogens is 278 g/mol. The first-order chi connectivity index (χ1) is 9.50. The third-order valence-corrected chi connectivity index (χ3v) is 3.34. The predicted molar refractivity (Wildman–Crippen MR) is 76.2 cm³/mol. The molecule has 2 aromatic rings. The molecule has 0 aliphatic heterocycles. The molecule has 0 spiro atoms. The van der Waals surface area contributed by atoms with Crippen LogP contribution in [-0.2, 0) is 6.42 Å². The van der Waals surface area contributed by atoms with Gasteiger partial charge in [0.05, 0.1) is 11.1 Å². The maximum absolute atomic E-state index is 11.5. The summed E-state index contributed by atoms with van der Waals surface area (Å²) in [5.74, 6) is -1.94. The molecule has 0 aliphatic carbocycles. The number of carbonyl (C=O) groups is 2. The highest BCUT2D eigenvalue weighted by Gasteiger charge is 2.18. The highest BCUT2D eigenvalue weighted by molar-refractivity contribution is 6.31. The third-order valence-electron chi connectivity index (χ3n) is 2.97. The molecule has 0 aliphatic rings. The van der Waals surface area contributed by atoms with E-state index in [0.29, 0.717) is 17.0 Å². The number of rotatable bonds is 4. The molecule has 2 aromatic carbocycles. The normalized spacial score (nSPS) is 10.2. The summed E-state index contributed by atoms with van der Waals surface area (Å²) in [6, 6.07) is 11.8. The Balaban J connectivity index is 2.52. The van der Waals surface area contributed by atoms with E-state index in [-0.39, 0.29) is 11.1 Å². The van der Waals surface area contributed by atoms with Gasteiger partial charge in [0.2, 0.25) is 5.91 Å². The molecule has 0 bridgehead atoms. The Labute approximate surface area is 120 Å². The zero-order valence-corrected chi connectivity index (χ0v) is 11.2. The molecule has 102 valence electrons. The van der Waals surface area contributed by atoms with Gasteiger partial charge in [0.25, 0.3) is 0 Å². The van der Waals surface area contributed by atoms with Crippen LogP contribution in [0.3, 0.4) is 0 Å². The van der Waals surface area contributed by atoms with E-state index in [1.807, 2.05) is 12.1 Å². The lowest BCUT2D eigenvalue weighted by molar-refractivity contribution is 0.0692. The standard InChI is InChI=1S/C15H12ClNO3/c16-12-7-2-1-4-9(12)8-10-5-3-6-11(15(19)20)13(10)14(17)18/h1-7H,8H2,(H2,17,18)(H,19,20). The third kappa shape index (κ3) is 2.81. The maximum atomic E-state index is 11.5. The van der Waals surface area contributed by atoms with Crippen LogP contribution in [0.5, 0.6) is 0 Å². The number of hydrogen-bond donors (Lipinski definition) is 2. The lowest BCUT2D eigenvalue weighted by Gasteiger charge is -2.10. The highest BCUT2D eigenvalue weighted by Crippen LogP contribution is 2.22. The van der Waals surface area contributed by atoms with E-state index in [4.69, 9.17) is 22.4 Å². The van der Waals surface area contributed by atoms with Crippen molar-refractivity contribution in [3.8, 4) is 0 Å². The zero-order chi connectivity index (χ0) is 14.7. The van der Waals surface area contributed by atoms with Crippen LogP contribution in [0.1, 0.15) is 31.8 Å². The molecule has 1 amide bonds. The number of aromatic carboxylic acids is 1. The average Bonchev–Trinajstić information content (AvgIpc) is 2.40. The Morgan fingerprint density at radius 1 is 1.05 bits per heavy atom. The van der Waals surface area contributed by atoms with Gasteiger partial charge in [0, 0.05) is 5.02 Å². The average molecular weight is 290 g/mol. The van der Waals surface area contributed by atoms with Crippen molar-refractivity contribution < 1.29 is 14.7 Å². The van der Waals surface area contributed by atoms with Crippen LogP contribution in [0.2, 0.25) is 5.02 Å². The molecule has 0 atom stereocenters. The van der Waals surface area contributed by atoms with Gasteiger partial charge in [-0.05, 0) is 29.7 Å². The molecule has 4 nitrogen and oxygen atoms in total. The van der Waals surface area contributed by atoms with Gasteiger partial charge < -0.3 is 10.8 Å². The second-order valence-corrected chi connectivity index (χ2v) is 4.68. The Morgan fingerprint density at radius 3 is 2.30 bits per heavy atom. The lowest BCUT2D eigenvalue weighted by atomic mass is 9.95. The first-order valence-corrected chi connectivity index (χ1v) is 6.27. The fourth-order valence-corrected chi connectivity index (χ4v) is 2.27. The van der Waals surface area contributed by atoms with E-state index in [1.54, 1.807) is 24.3 Å². The molecule has 0 radical (unpaired) electrons. The molecule has 20 heavy (non-hydrogen) atoms. The smallest absolute Gasteiger partial charge is 0.336 e. The van der Waals surface area contributed by atoms with Gasteiger partial charge in [-0.15, -0.1) is 0 Å². The first kappa shape index (κ1) is 14.1. The van der Waals surface area contributed by atoms with Gasteiger partial charge >= 0.3 is 5.97 Å². The van der Waals surface area contributed by atoms with Crippen molar-refractivity contribution in [1.82, 2.24) is 0 Å². The number of amides is 1. The molecule has 0 saturated heterocycles. The quantitative estimate of drug-likeness (QED) is 0.908. The molecule has 3 N–H and O–H groups in total.